The van der Waals surface area contributed by atoms with E-state index in [9.17, 15) is 14.4 Å². The second-order valence-corrected chi connectivity index (χ2v) is 19.6. The molecule has 398 valence electrons. The van der Waals surface area contributed by atoms with Crippen LogP contribution < -0.4 is 0 Å². The highest BCUT2D eigenvalue weighted by Crippen LogP contribution is 2.15. The van der Waals surface area contributed by atoms with Gasteiger partial charge in [0.25, 0.3) is 0 Å². The molecule has 6 nitrogen and oxygen atoms in total. The Balaban J connectivity index is 4.44. The maximum absolute atomic E-state index is 12.9. The molecule has 0 bridgehead atoms. The van der Waals surface area contributed by atoms with Gasteiger partial charge in [0.05, 0.1) is 0 Å². The van der Waals surface area contributed by atoms with E-state index < -0.39 is 6.10 Å². The predicted octanol–water partition coefficient (Wildman–Crippen LogP) is 19.8. The number of carbonyl (C=O) groups is 3. The fourth-order valence-electron chi connectivity index (χ4n) is 8.27. The zero-order valence-electron chi connectivity index (χ0n) is 45.6. The van der Waals surface area contributed by atoms with Gasteiger partial charge in [-0.15, -0.1) is 0 Å². The standard InChI is InChI=1S/C63H110O6/c1-4-7-10-13-16-19-22-25-28-30-32-34-35-38-41-44-47-50-53-56-62(65)68-59-60(58-67-61(64)55-52-49-46-43-40-37-27-24-21-18-15-12-9-6-3)69-63(66)57-54-51-48-45-42-39-36-33-31-29-26-23-20-17-14-11-8-5-2/h17,20,23,26,29-33,36-37,40,60H,4-16,18-19,21-22,24-25,27-28,34-35,38-39,41-59H2,1-3H3/b20-17-,26-23-,31-29-,32-30-,36-33-,40-37-. The van der Waals surface area contributed by atoms with Crippen molar-refractivity contribution in [3.8, 4) is 0 Å². The summed E-state index contributed by atoms with van der Waals surface area (Å²) in [6.07, 6.45) is 73.2. The lowest BCUT2D eigenvalue weighted by molar-refractivity contribution is -0.167. The fraction of sp³-hybridized carbons (Fsp3) is 0.762. The average Bonchev–Trinajstić information content (AvgIpc) is 3.35. The molecule has 0 saturated carbocycles. The van der Waals surface area contributed by atoms with E-state index in [0.29, 0.717) is 19.3 Å². The molecule has 1 atom stereocenters. The molecule has 0 heterocycles. The Labute approximate surface area is 427 Å². The van der Waals surface area contributed by atoms with Crippen LogP contribution in [0, 0.1) is 0 Å². The Morgan fingerprint density at radius 3 is 0.899 bits per heavy atom. The maximum atomic E-state index is 12.9. The smallest absolute Gasteiger partial charge is 0.306 e. The number of esters is 3. The normalized spacial score (nSPS) is 12.6. The van der Waals surface area contributed by atoms with Gasteiger partial charge in [0.15, 0.2) is 6.10 Å². The Kier molecular flexibility index (Phi) is 54.8. The Hall–Kier alpha value is -3.15. The second-order valence-electron chi connectivity index (χ2n) is 19.6. The zero-order valence-corrected chi connectivity index (χ0v) is 45.6. The Morgan fingerprint density at radius 1 is 0.290 bits per heavy atom. The number of rotatable bonds is 53. The van der Waals surface area contributed by atoms with Gasteiger partial charge in [-0.3, -0.25) is 14.4 Å². The van der Waals surface area contributed by atoms with Gasteiger partial charge in [-0.1, -0.05) is 248 Å². The van der Waals surface area contributed by atoms with Crippen LogP contribution in [0.5, 0.6) is 0 Å². The van der Waals surface area contributed by atoms with Crippen molar-refractivity contribution in [2.75, 3.05) is 13.2 Å². The van der Waals surface area contributed by atoms with Crippen molar-refractivity contribution >= 4 is 17.9 Å². The van der Waals surface area contributed by atoms with E-state index in [1.165, 1.54) is 154 Å². The number of carbonyl (C=O) groups excluding carboxylic acids is 3. The molecule has 0 radical (unpaired) electrons. The van der Waals surface area contributed by atoms with Gasteiger partial charge in [-0.2, -0.15) is 0 Å². The lowest BCUT2D eigenvalue weighted by Gasteiger charge is -2.18. The van der Waals surface area contributed by atoms with Crippen LogP contribution in [-0.2, 0) is 28.6 Å². The highest BCUT2D eigenvalue weighted by molar-refractivity contribution is 5.71. The Bertz CT molecular complexity index is 1290. The third-order valence-corrected chi connectivity index (χ3v) is 12.7. The molecule has 0 amide bonds. The first-order valence-electron chi connectivity index (χ1n) is 29.5. The first-order chi connectivity index (χ1) is 34.0. The summed E-state index contributed by atoms with van der Waals surface area (Å²) < 4.78 is 16.8. The molecule has 0 aliphatic carbocycles. The summed E-state index contributed by atoms with van der Waals surface area (Å²) >= 11 is 0. The van der Waals surface area contributed by atoms with Crippen LogP contribution in [0.2, 0.25) is 0 Å². The number of unbranched alkanes of at least 4 members (excludes halogenated alkanes) is 33. The molecule has 0 aromatic heterocycles. The lowest BCUT2D eigenvalue weighted by Crippen LogP contribution is -2.30. The van der Waals surface area contributed by atoms with E-state index in [2.05, 4.69) is 93.7 Å². The molecule has 0 spiro atoms. The largest absolute Gasteiger partial charge is 0.462 e. The molecule has 0 fully saturated rings. The van der Waals surface area contributed by atoms with Crippen molar-refractivity contribution in [3.05, 3.63) is 72.9 Å². The molecule has 0 aliphatic rings. The quantitative estimate of drug-likeness (QED) is 0.0199. The summed E-state index contributed by atoms with van der Waals surface area (Å²) in [4.78, 5) is 38.2. The number of ether oxygens (including phenoxy) is 3. The topological polar surface area (TPSA) is 78.9 Å². The number of hydrogen-bond donors (Lipinski definition) is 0. The second kappa shape index (κ2) is 57.4. The average molecular weight is 964 g/mol. The molecular weight excluding hydrogens is 853 g/mol. The first kappa shape index (κ1) is 65.8. The van der Waals surface area contributed by atoms with Crippen LogP contribution in [0.4, 0.5) is 0 Å². The van der Waals surface area contributed by atoms with E-state index in [0.717, 1.165) is 96.3 Å². The van der Waals surface area contributed by atoms with E-state index >= 15 is 0 Å². The summed E-state index contributed by atoms with van der Waals surface area (Å²) in [6.45, 7) is 6.58. The van der Waals surface area contributed by atoms with Crippen molar-refractivity contribution < 1.29 is 28.6 Å². The summed E-state index contributed by atoms with van der Waals surface area (Å²) in [5, 5.41) is 0. The van der Waals surface area contributed by atoms with Gasteiger partial charge in [0, 0.05) is 19.3 Å². The van der Waals surface area contributed by atoms with Crippen LogP contribution in [0.1, 0.15) is 290 Å². The lowest BCUT2D eigenvalue weighted by atomic mass is 10.1. The number of allylic oxidation sites excluding steroid dienone is 12. The minimum absolute atomic E-state index is 0.0915. The molecule has 0 aromatic carbocycles. The molecule has 0 saturated heterocycles. The van der Waals surface area contributed by atoms with Crippen LogP contribution in [0.3, 0.4) is 0 Å². The van der Waals surface area contributed by atoms with Gasteiger partial charge >= 0.3 is 17.9 Å². The van der Waals surface area contributed by atoms with E-state index in [-0.39, 0.29) is 31.1 Å². The summed E-state index contributed by atoms with van der Waals surface area (Å²) in [6, 6.07) is 0. The van der Waals surface area contributed by atoms with Gasteiger partial charge in [0.2, 0.25) is 0 Å². The van der Waals surface area contributed by atoms with Crippen LogP contribution in [0.25, 0.3) is 0 Å². The van der Waals surface area contributed by atoms with Crippen molar-refractivity contribution in [2.45, 2.75) is 297 Å². The molecule has 0 aromatic rings. The SMILES string of the molecule is CCCCC\C=C/C=C\C=C/C=C\CCCCCCCC(=O)OC(COC(=O)CCCCC/C=C\CCCCCCCCC)COC(=O)CCCCCCCCC/C=C\CCCCCCCCCC. The third kappa shape index (κ3) is 55.6. The number of hydrogen-bond acceptors (Lipinski definition) is 6. The molecule has 0 rings (SSSR count). The molecular formula is C63H110O6. The van der Waals surface area contributed by atoms with E-state index in [1.54, 1.807) is 0 Å². The highest BCUT2D eigenvalue weighted by atomic mass is 16.6. The molecule has 1 unspecified atom stereocenters. The molecule has 0 N–H and O–H groups in total. The maximum Gasteiger partial charge on any atom is 0.306 e. The summed E-state index contributed by atoms with van der Waals surface area (Å²) in [7, 11) is 0. The van der Waals surface area contributed by atoms with Crippen molar-refractivity contribution in [2.24, 2.45) is 0 Å². The van der Waals surface area contributed by atoms with Gasteiger partial charge in [-0.25, -0.2) is 0 Å². The first-order valence-corrected chi connectivity index (χ1v) is 29.5. The summed E-state index contributed by atoms with van der Waals surface area (Å²) in [5.41, 5.74) is 0. The molecule has 6 heteroatoms. The van der Waals surface area contributed by atoms with Crippen molar-refractivity contribution in [3.63, 3.8) is 0 Å². The van der Waals surface area contributed by atoms with Crippen molar-refractivity contribution in [1.29, 1.82) is 0 Å². The highest BCUT2D eigenvalue weighted by Gasteiger charge is 2.19. The van der Waals surface area contributed by atoms with Crippen LogP contribution >= 0.6 is 0 Å². The molecule has 69 heavy (non-hydrogen) atoms. The fourth-order valence-corrected chi connectivity index (χ4v) is 8.27. The van der Waals surface area contributed by atoms with Crippen LogP contribution in [-0.4, -0.2) is 37.2 Å². The van der Waals surface area contributed by atoms with E-state index in [1.807, 2.05) is 0 Å². The predicted molar refractivity (Wildman–Crippen MR) is 298 cm³/mol. The van der Waals surface area contributed by atoms with Crippen molar-refractivity contribution in [1.82, 2.24) is 0 Å². The minimum atomic E-state index is -0.796. The minimum Gasteiger partial charge on any atom is -0.462 e. The zero-order chi connectivity index (χ0) is 50.0. The molecule has 0 aliphatic heterocycles. The van der Waals surface area contributed by atoms with Gasteiger partial charge in [0.1, 0.15) is 13.2 Å². The third-order valence-electron chi connectivity index (χ3n) is 12.7. The van der Waals surface area contributed by atoms with Gasteiger partial charge in [-0.05, 0) is 96.3 Å². The van der Waals surface area contributed by atoms with Gasteiger partial charge < -0.3 is 14.2 Å². The van der Waals surface area contributed by atoms with Crippen LogP contribution in [0.15, 0.2) is 72.9 Å². The Morgan fingerprint density at radius 2 is 0.536 bits per heavy atom. The summed E-state index contributed by atoms with van der Waals surface area (Å²) in [5.74, 6) is -0.926. The van der Waals surface area contributed by atoms with E-state index in [4.69, 9.17) is 14.2 Å². The monoisotopic (exact) mass is 963 g/mol.